The molecule has 33 heavy (non-hydrogen) atoms. The fourth-order valence-electron chi connectivity index (χ4n) is 3.65. The molecule has 1 aliphatic heterocycles. The van der Waals surface area contributed by atoms with E-state index in [1.54, 1.807) is 19.1 Å². The number of rotatable bonds is 8. The number of carboxylic acids is 1. The van der Waals surface area contributed by atoms with Crippen molar-refractivity contribution in [2.45, 2.75) is 38.1 Å². The molecule has 0 spiro atoms. The van der Waals surface area contributed by atoms with Gasteiger partial charge in [0.1, 0.15) is 11.0 Å². The maximum Gasteiger partial charge on any atom is 0.403 e. The lowest BCUT2D eigenvalue weighted by molar-refractivity contribution is -0.137. The largest absolute Gasteiger partial charge is 0.494 e. The number of aliphatic carboxylic acids is 1. The van der Waals surface area contributed by atoms with Gasteiger partial charge in [-0.25, -0.2) is 8.79 Å². The minimum absolute atomic E-state index is 0.0146. The second-order valence-corrected chi connectivity index (χ2v) is 8.58. The molecule has 0 amide bonds. The number of hydrogen-bond donors (Lipinski definition) is 1. The Morgan fingerprint density at radius 3 is 2.45 bits per heavy atom. The molecule has 2 atom stereocenters. The van der Waals surface area contributed by atoms with Crippen LogP contribution >= 0.6 is 11.9 Å². The Hall–Kier alpha value is -2.75. The summed E-state index contributed by atoms with van der Waals surface area (Å²) in [6.07, 6.45) is -4.20. The third-order valence-electron chi connectivity index (χ3n) is 5.63. The second-order valence-electron chi connectivity index (χ2n) is 7.68. The summed E-state index contributed by atoms with van der Waals surface area (Å²) in [5.74, 6) is -2.36. The molecule has 178 valence electrons. The zero-order valence-electron chi connectivity index (χ0n) is 18.2. The van der Waals surface area contributed by atoms with Gasteiger partial charge in [0.15, 0.2) is 11.6 Å². The molecule has 5 nitrogen and oxygen atoms in total. The number of nitrogens with zero attached hydrogens (tertiary/aromatic N) is 1. The molecule has 10 heteroatoms. The van der Waals surface area contributed by atoms with E-state index >= 15 is 0 Å². The standard InChI is InChI=1S/C23H23F4NO4S/c1-12-13(2)18(7-4-14(12)6-9-20(29)30)32-11-16-21(28-33-22(16)23(25,26)27)15-5-8-19(31-3)17(24)10-15/h4-5,7-8,10,16,22H,6,9,11H2,1-3H3,(H,29,30). The number of hydrogen-bond acceptors (Lipinski definition) is 5. The Morgan fingerprint density at radius 1 is 1.15 bits per heavy atom. The first-order chi connectivity index (χ1) is 15.5. The summed E-state index contributed by atoms with van der Waals surface area (Å²) < 4.78 is 69.9. The third kappa shape index (κ3) is 5.61. The van der Waals surface area contributed by atoms with E-state index in [0.29, 0.717) is 24.1 Å². The molecule has 1 N–H and O–H groups in total. The van der Waals surface area contributed by atoms with E-state index in [1.807, 2.05) is 6.92 Å². The zero-order valence-corrected chi connectivity index (χ0v) is 19.0. The van der Waals surface area contributed by atoms with Gasteiger partial charge in [0, 0.05) is 12.0 Å². The van der Waals surface area contributed by atoms with Crippen LogP contribution in [-0.4, -0.2) is 41.9 Å². The minimum Gasteiger partial charge on any atom is -0.494 e. The number of aryl methyl sites for hydroxylation is 1. The van der Waals surface area contributed by atoms with Crippen LogP contribution in [0.4, 0.5) is 17.6 Å². The van der Waals surface area contributed by atoms with Crippen LogP contribution in [0.25, 0.3) is 0 Å². The molecule has 0 radical (unpaired) electrons. The van der Waals surface area contributed by atoms with Gasteiger partial charge in [-0.1, -0.05) is 6.07 Å². The molecule has 0 aliphatic carbocycles. The maximum absolute atomic E-state index is 14.2. The van der Waals surface area contributed by atoms with Gasteiger partial charge in [0.2, 0.25) is 0 Å². The molecule has 2 aromatic rings. The van der Waals surface area contributed by atoms with Crippen LogP contribution in [-0.2, 0) is 11.2 Å². The highest BCUT2D eigenvalue weighted by molar-refractivity contribution is 7.99. The second kappa shape index (κ2) is 10.0. The van der Waals surface area contributed by atoms with E-state index in [1.165, 1.54) is 19.2 Å². The van der Waals surface area contributed by atoms with E-state index in [-0.39, 0.29) is 30.1 Å². The number of alkyl halides is 3. The summed E-state index contributed by atoms with van der Waals surface area (Å²) in [5.41, 5.74) is 2.73. The Labute approximate surface area is 192 Å². The molecule has 0 bridgehead atoms. The lowest BCUT2D eigenvalue weighted by Gasteiger charge is -2.24. The van der Waals surface area contributed by atoms with Gasteiger partial charge in [0.05, 0.1) is 25.3 Å². The molecule has 2 unspecified atom stereocenters. The van der Waals surface area contributed by atoms with Gasteiger partial charge in [-0.15, -0.1) is 0 Å². The Balaban J connectivity index is 1.84. The third-order valence-corrected chi connectivity index (χ3v) is 6.75. The van der Waals surface area contributed by atoms with Crippen LogP contribution in [0.5, 0.6) is 11.5 Å². The molecule has 1 heterocycles. The lowest BCUT2D eigenvalue weighted by Crippen LogP contribution is -2.38. The summed E-state index contributed by atoms with van der Waals surface area (Å²) in [7, 11) is 1.30. The zero-order chi connectivity index (χ0) is 24.3. The van der Waals surface area contributed by atoms with Crippen molar-refractivity contribution < 1.29 is 36.9 Å². The number of methoxy groups -OCH3 is 1. The van der Waals surface area contributed by atoms with Crippen molar-refractivity contribution in [2.24, 2.45) is 10.3 Å². The first kappa shape index (κ1) is 24.9. The molecule has 0 saturated carbocycles. The number of benzene rings is 2. The lowest BCUT2D eigenvalue weighted by atomic mass is 9.93. The molecule has 2 aromatic carbocycles. The molecular formula is C23H23F4NO4S. The normalized spacial score (nSPS) is 18.2. The SMILES string of the molecule is COc1ccc(C2=NSC(C(F)(F)F)C2COc2ccc(CCC(=O)O)c(C)c2C)cc1F. The van der Waals surface area contributed by atoms with Crippen LogP contribution in [0.1, 0.15) is 28.7 Å². The molecular weight excluding hydrogens is 462 g/mol. The van der Waals surface area contributed by atoms with E-state index in [9.17, 15) is 22.4 Å². The van der Waals surface area contributed by atoms with Crippen molar-refractivity contribution >= 4 is 23.6 Å². The Kier molecular flexibility index (Phi) is 7.56. The van der Waals surface area contributed by atoms with Gasteiger partial charge in [-0.3, -0.25) is 4.79 Å². The maximum atomic E-state index is 14.2. The van der Waals surface area contributed by atoms with E-state index in [2.05, 4.69) is 4.40 Å². The van der Waals surface area contributed by atoms with Crippen molar-refractivity contribution in [1.29, 1.82) is 0 Å². The van der Waals surface area contributed by atoms with Crippen molar-refractivity contribution in [2.75, 3.05) is 13.7 Å². The number of halogens is 4. The van der Waals surface area contributed by atoms with Crippen LogP contribution in [0.15, 0.2) is 34.7 Å². The van der Waals surface area contributed by atoms with Crippen molar-refractivity contribution in [1.82, 2.24) is 0 Å². The topological polar surface area (TPSA) is 68.1 Å². The molecule has 0 aromatic heterocycles. The summed E-state index contributed by atoms with van der Waals surface area (Å²) >= 11 is 0.404. The first-order valence-electron chi connectivity index (χ1n) is 10.1. The van der Waals surface area contributed by atoms with Gasteiger partial charge < -0.3 is 14.6 Å². The number of carboxylic acid groups (broad SMARTS) is 1. The Bertz CT molecular complexity index is 1070. The van der Waals surface area contributed by atoms with Crippen LogP contribution < -0.4 is 9.47 Å². The van der Waals surface area contributed by atoms with E-state index in [0.717, 1.165) is 22.8 Å². The summed E-state index contributed by atoms with van der Waals surface area (Å²) in [6.45, 7) is 3.28. The van der Waals surface area contributed by atoms with Gasteiger partial charge in [-0.2, -0.15) is 13.2 Å². The summed E-state index contributed by atoms with van der Waals surface area (Å²) in [5, 5.41) is 7.07. The van der Waals surface area contributed by atoms with Gasteiger partial charge in [0.25, 0.3) is 0 Å². The minimum atomic E-state index is -4.53. The fourth-order valence-corrected chi connectivity index (χ4v) is 4.59. The van der Waals surface area contributed by atoms with Crippen molar-refractivity contribution in [3.63, 3.8) is 0 Å². The van der Waals surface area contributed by atoms with Crippen LogP contribution in [0, 0.1) is 25.6 Å². The summed E-state index contributed by atoms with van der Waals surface area (Å²) in [4.78, 5) is 10.8. The van der Waals surface area contributed by atoms with Crippen LogP contribution in [0.3, 0.4) is 0 Å². The summed E-state index contributed by atoms with van der Waals surface area (Å²) in [6, 6.07) is 7.28. The fraction of sp³-hybridized carbons (Fsp3) is 0.391. The van der Waals surface area contributed by atoms with Gasteiger partial charge in [-0.05, 0) is 73.2 Å². The molecule has 0 saturated heterocycles. The monoisotopic (exact) mass is 485 g/mol. The molecule has 1 aliphatic rings. The highest BCUT2D eigenvalue weighted by atomic mass is 32.2. The average Bonchev–Trinajstić information content (AvgIpc) is 3.18. The quantitative estimate of drug-likeness (QED) is 0.393. The van der Waals surface area contributed by atoms with E-state index < -0.39 is 29.1 Å². The Morgan fingerprint density at radius 2 is 1.85 bits per heavy atom. The first-order valence-corrected chi connectivity index (χ1v) is 10.9. The van der Waals surface area contributed by atoms with Crippen molar-refractivity contribution in [3.05, 3.63) is 58.4 Å². The highest BCUT2D eigenvalue weighted by Gasteiger charge is 2.51. The van der Waals surface area contributed by atoms with E-state index in [4.69, 9.17) is 14.6 Å². The average molecular weight is 485 g/mol. The van der Waals surface area contributed by atoms with Crippen LogP contribution in [0.2, 0.25) is 0 Å². The molecule has 3 rings (SSSR count). The van der Waals surface area contributed by atoms with Gasteiger partial charge >= 0.3 is 12.1 Å². The number of ether oxygens (including phenoxy) is 2. The predicted molar refractivity (Wildman–Crippen MR) is 118 cm³/mol. The smallest absolute Gasteiger partial charge is 0.403 e. The highest BCUT2D eigenvalue weighted by Crippen LogP contribution is 2.43. The molecule has 0 fully saturated rings. The number of carbonyl (C=O) groups is 1. The van der Waals surface area contributed by atoms with Crippen molar-refractivity contribution in [3.8, 4) is 11.5 Å². The predicted octanol–water partition coefficient (Wildman–Crippen LogP) is 5.55.